The molecule has 0 bridgehead atoms. The topological polar surface area (TPSA) is 92.4 Å². The number of carboxylic acids is 1. The van der Waals surface area contributed by atoms with Gasteiger partial charge in [-0.25, -0.2) is 9.18 Å². The van der Waals surface area contributed by atoms with Gasteiger partial charge in [-0.2, -0.15) is 0 Å². The van der Waals surface area contributed by atoms with Gasteiger partial charge in [0.25, 0.3) is 0 Å². The Bertz CT molecular complexity index is 539. The molecule has 6 heteroatoms. The lowest BCUT2D eigenvalue weighted by Crippen LogP contribution is -2.40. The van der Waals surface area contributed by atoms with E-state index < -0.39 is 22.9 Å². The van der Waals surface area contributed by atoms with Crippen molar-refractivity contribution in [2.75, 3.05) is 5.32 Å². The van der Waals surface area contributed by atoms with Crippen LogP contribution >= 0.6 is 0 Å². The third-order valence-corrected chi connectivity index (χ3v) is 3.59. The third-order valence-electron chi connectivity index (χ3n) is 3.59. The zero-order valence-electron chi connectivity index (χ0n) is 11.0. The van der Waals surface area contributed by atoms with Crippen LogP contribution in [0.3, 0.4) is 0 Å². The number of nitrogens with two attached hydrogens (primary N) is 1. The van der Waals surface area contributed by atoms with Crippen molar-refractivity contribution in [3.63, 3.8) is 0 Å². The number of benzene rings is 1. The van der Waals surface area contributed by atoms with Crippen LogP contribution in [0.2, 0.25) is 0 Å². The van der Waals surface area contributed by atoms with Gasteiger partial charge in [0.05, 0.1) is 5.56 Å². The second-order valence-corrected chi connectivity index (χ2v) is 5.29. The summed E-state index contributed by atoms with van der Waals surface area (Å²) in [5, 5.41) is 11.4. The van der Waals surface area contributed by atoms with Gasteiger partial charge in [-0.1, -0.05) is 12.8 Å². The van der Waals surface area contributed by atoms with Gasteiger partial charge in [0, 0.05) is 17.6 Å². The summed E-state index contributed by atoms with van der Waals surface area (Å²) < 4.78 is 13.2. The number of carbonyl (C=O) groups is 2. The Morgan fingerprint density at radius 2 is 2.00 bits per heavy atom. The summed E-state index contributed by atoms with van der Waals surface area (Å²) >= 11 is 0. The van der Waals surface area contributed by atoms with Crippen LogP contribution in [0.4, 0.5) is 10.1 Å². The Morgan fingerprint density at radius 3 is 2.60 bits per heavy atom. The minimum absolute atomic E-state index is 0.187. The predicted octanol–water partition coefficient (Wildman–Crippen LogP) is 2.12. The molecule has 0 spiro atoms. The largest absolute Gasteiger partial charge is 0.478 e. The fourth-order valence-corrected chi connectivity index (χ4v) is 2.55. The molecule has 20 heavy (non-hydrogen) atoms. The van der Waals surface area contributed by atoms with Crippen LogP contribution in [0, 0.1) is 5.82 Å². The lowest BCUT2D eigenvalue weighted by Gasteiger charge is -2.22. The summed E-state index contributed by atoms with van der Waals surface area (Å²) in [6.07, 6.45) is 3.84. The van der Waals surface area contributed by atoms with Crippen molar-refractivity contribution in [3.05, 3.63) is 29.6 Å². The van der Waals surface area contributed by atoms with Gasteiger partial charge in [0.1, 0.15) is 5.82 Å². The number of halogens is 1. The minimum Gasteiger partial charge on any atom is -0.478 e. The average molecular weight is 280 g/mol. The molecule has 0 aromatic heterocycles. The van der Waals surface area contributed by atoms with Crippen molar-refractivity contribution < 1.29 is 19.1 Å². The normalized spacial score (nSPS) is 16.9. The molecule has 0 saturated heterocycles. The Kier molecular flexibility index (Phi) is 4.04. The standard InChI is InChI=1S/C14H17FN2O3/c15-11-4-3-9(7-10(11)13(19)20)17-12(18)8-14(16)5-1-2-6-14/h3-4,7H,1-2,5-6,8,16H2,(H,17,18)(H,19,20). The number of carboxylic acid groups (broad SMARTS) is 1. The van der Waals surface area contributed by atoms with Crippen LogP contribution in [-0.4, -0.2) is 22.5 Å². The monoisotopic (exact) mass is 280 g/mol. The second-order valence-electron chi connectivity index (χ2n) is 5.29. The number of carbonyl (C=O) groups excluding carboxylic acids is 1. The van der Waals surface area contributed by atoms with E-state index in [1.807, 2.05) is 0 Å². The molecule has 1 saturated carbocycles. The predicted molar refractivity (Wildman–Crippen MR) is 72.0 cm³/mol. The Balaban J connectivity index is 2.04. The molecule has 0 radical (unpaired) electrons. The molecule has 1 aliphatic rings. The lowest BCUT2D eigenvalue weighted by atomic mass is 9.94. The molecule has 108 valence electrons. The molecule has 0 unspecified atom stereocenters. The van der Waals surface area contributed by atoms with Crippen molar-refractivity contribution in [3.8, 4) is 0 Å². The van der Waals surface area contributed by atoms with Crippen molar-refractivity contribution in [1.29, 1.82) is 0 Å². The minimum atomic E-state index is -1.37. The molecule has 0 atom stereocenters. The molecule has 1 aromatic rings. The number of aromatic carboxylic acids is 1. The van der Waals surface area contributed by atoms with E-state index in [9.17, 15) is 14.0 Å². The Hall–Kier alpha value is -1.95. The van der Waals surface area contributed by atoms with Crippen molar-refractivity contribution >= 4 is 17.6 Å². The quantitative estimate of drug-likeness (QED) is 0.787. The molecular weight excluding hydrogens is 263 g/mol. The molecule has 1 aliphatic carbocycles. The first-order valence-electron chi connectivity index (χ1n) is 6.51. The smallest absolute Gasteiger partial charge is 0.338 e. The average Bonchev–Trinajstić information content (AvgIpc) is 2.77. The first-order valence-corrected chi connectivity index (χ1v) is 6.51. The number of hydrogen-bond donors (Lipinski definition) is 3. The molecule has 0 heterocycles. The molecule has 1 aromatic carbocycles. The van der Waals surface area contributed by atoms with Gasteiger partial charge in [-0.3, -0.25) is 4.79 Å². The summed E-state index contributed by atoms with van der Waals surface area (Å²) in [4.78, 5) is 22.7. The molecule has 1 amide bonds. The maximum absolute atomic E-state index is 13.2. The lowest BCUT2D eigenvalue weighted by molar-refractivity contribution is -0.117. The van der Waals surface area contributed by atoms with E-state index in [1.54, 1.807) is 0 Å². The molecule has 4 N–H and O–H groups in total. The molecular formula is C14H17FN2O3. The van der Waals surface area contributed by atoms with Crippen LogP contribution in [0.25, 0.3) is 0 Å². The summed E-state index contributed by atoms with van der Waals surface area (Å²) in [5.74, 6) is -2.48. The summed E-state index contributed by atoms with van der Waals surface area (Å²) in [6.45, 7) is 0. The van der Waals surface area contributed by atoms with Crippen LogP contribution in [-0.2, 0) is 4.79 Å². The van der Waals surface area contributed by atoms with Crippen LogP contribution in [0.1, 0.15) is 42.5 Å². The van der Waals surface area contributed by atoms with Crippen molar-refractivity contribution in [2.24, 2.45) is 5.73 Å². The first kappa shape index (κ1) is 14.5. The third kappa shape index (κ3) is 3.33. The first-order chi connectivity index (χ1) is 9.39. The van der Waals surface area contributed by atoms with E-state index in [0.29, 0.717) is 0 Å². The zero-order valence-corrected chi connectivity index (χ0v) is 11.0. The highest BCUT2D eigenvalue weighted by Crippen LogP contribution is 2.30. The van der Waals surface area contributed by atoms with Crippen molar-refractivity contribution in [2.45, 2.75) is 37.6 Å². The fraction of sp³-hybridized carbons (Fsp3) is 0.429. The fourth-order valence-electron chi connectivity index (χ4n) is 2.55. The SMILES string of the molecule is NC1(CC(=O)Nc2ccc(F)c(C(=O)O)c2)CCCC1. The highest BCUT2D eigenvalue weighted by Gasteiger charge is 2.31. The number of hydrogen-bond acceptors (Lipinski definition) is 3. The van der Waals surface area contributed by atoms with Gasteiger partial charge >= 0.3 is 5.97 Å². The number of nitrogens with one attached hydrogen (secondary N) is 1. The van der Waals surface area contributed by atoms with Gasteiger partial charge in [0.2, 0.25) is 5.91 Å². The Labute approximate surface area is 116 Å². The van der Waals surface area contributed by atoms with Crippen LogP contribution < -0.4 is 11.1 Å². The van der Waals surface area contributed by atoms with Crippen LogP contribution in [0.15, 0.2) is 18.2 Å². The summed E-state index contributed by atoms with van der Waals surface area (Å²) in [7, 11) is 0. The molecule has 1 fully saturated rings. The highest BCUT2D eigenvalue weighted by molar-refractivity contribution is 5.94. The summed E-state index contributed by atoms with van der Waals surface area (Å²) in [6, 6.07) is 3.46. The molecule has 5 nitrogen and oxygen atoms in total. The Morgan fingerprint density at radius 1 is 1.35 bits per heavy atom. The second kappa shape index (κ2) is 5.58. The molecule has 0 aliphatic heterocycles. The zero-order chi connectivity index (χ0) is 14.8. The number of rotatable bonds is 4. The van der Waals surface area contributed by atoms with E-state index >= 15 is 0 Å². The van der Waals surface area contributed by atoms with Crippen molar-refractivity contribution in [1.82, 2.24) is 0 Å². The maximum Gasteiger partial charge on any atom is 0.338 e. The number of amides is 1. The van der Waals surface area contributed by atoms with E-state index in [1.165, 1.54) is 6.07 Å². The van der Waals surface area contributed by atoms with E-state index in [4.69, 9.17) is 10.8 Å². The molecule has 2 rings (SSSR count). The van der Waals surface area contributed by atoms with Gasteiger partial charge in [0.15, 0.2) is 0 Å². The van der Waals surface area contributed by atoms with E-state index in [0.717, 1.165) is 37.8 Å². The van der Waals surface area contributed by atoms with Gasteiger partial charge < -0.3 is 16.2 Å². The van der Waals surface area contributed by atoms with Gasteiger partial charge in [-0.05, 0) is 31.0 Å². The van der Waals surface area contributed by atoms with E-state index in [2.05, 4.69) is 5.32 Å². The summed E-state index contributed by atoms with van der Waals surface area (Å²) in [5.41, 5.74) is 5.42. The van der Waals surface area contributed by atoms with Gasteiger partial charge in [-0.15, -0.1) is 0 Å². The van der Waals surface area contributed by atoms with Crippen LogP contribution in [0.5, 0.6) is 0 Å². The van der Waals surface area contributed by atoms with E-state index in [-0.39, 0.29) is 18.0 Å². The number of anilines is 1. The highest BCUT2D eigenvalue weighted by atomic mass is 19.1. The maximum atomic E-state index is 13.2.